The molecule has 0 fully saturated rings. The van der Waals surface area contributed by atoms with Crippen molar-refractivity contribution in [3.05, 3.63) is 59.7 Å². The second-order valence-corrected chi connectivity index (χ2v) is 4.74. The number of hydrogen-bond donors (Lipinski definition) is 0. The first-order chi connectivity index (χ1) is 9.22. The molecule has 0 saturated carbocycles. The van der Waals surface area contributed by atoms with E-state index < -0.39 is 0 Å². The second kappa shape index (κ2) is 6.28. The van der Waals surface area contributed by atoms with Crippen LogP contribution in [0.15, 0.2) is 48.5 Å². The zero-order valence-electron chi connectivity index (χ0n) is 11.7. The zero-order valence-corrected chi connectivity index (χ0v) is 11.7. The van der Waals surface area contributed by atoms with Crippen LogP contribution >= 0.6 is 0 Å². The molecule has 0 aromatic heterocycles. The topological polar surface area (TPSA) is 18.5 Å². The standard InChI is InChI=1S/C17H20O2/c1-13(15-7-5-4-6-8-15)9-14-10-16(18-2)12-17(11-14)19-3/h4-8,10-13H,9H2,1-3H3/t13-/m0/s1. The Morgan fingerprint density at radius 1 is 0.895 bits per heavy atom. The number of hydrogen-bond acceptors (Lipinski definition) is 2. The molecule has 1 atom stereocenters. The second-order valence-electron chi connectivity index (χ2n) is 4.74. The molecule has 0 bridgehead atoms. The van der Waals surface area contributed by atoms with Crippen LogP contribution in [0, 0.1) is 0 Å². The number of methoxy groups -OCH3 is 2. The molecule has 2 heteroatoms. The lowest BCUT2D eigenvalue weighted by atomic mass is 9.93. The first-order valence-corrected chi connectivity index (χ1v) is 6.50. The van der Waals surface area contributed by atoms with E-state index in [1.54, 1.807) is 14.2 Å². The monoisotopic (exact) mass is 256 g/mol. The highest BCUT2D eigenvalue weighted by Crippen LogP contribution is 2.27. The van der Waals surface area contributed by atoms with Crippen LogP contribution in [0.1, 0.15) is 24.0 Å². The normalized spacial score (nSPS) is 11.9. The van der Waals surface area contributed by atoms with E-state index in [4.69, 9.17) is 9.47 Å². The van der Waals surface area contributed by atoms with Crippen LogP contribution in [-0.2, 0) is 6.42 Å². The lowest BCUT2D eigenvalue weighted by molar-refractivity contribution is 0.393. The van der Waals surface area contributed by atoms with Crippen molar-refractivity contribution in [3.63, 3.8) is 0 Å². The van der Waals surface area contributed by atoms with Gasteiger partial charge in [0.2, 0.25) is 0 Å². The maximum absolute atomic E-state index is 5.30. The van der Waals surface area contributed by atoms with Gasteiger partial charge >= 0.3 is 0 Å². The molecule has 2 aromatic rings. The Kier molecular flexibility index (Phi) is 4.45. The molecule has 0 aliphatic rings. The molecule has 0 unspecified atom stereocenters. The molecule has 0 amide bonds. The molecular formula is C17H20O2. The van der Waals surface area contributed by atoms with Crippen molar-refractivity contribution in [2.75, 3.05) is 14.2 Å². The molecule has 0 aliphatic heterocycles. The van der Waals surface area contributed by atoms with Gasteiger partial charge in [-0.2, -0.15) is 0 Å². The molecule has 0 N–H and O–H groups in total. The van der Waals surface area contributed by atoms with Crippen molar-refractivity contribution in [3.8, 4) is 11.5 Å². The Hall–Kier alpha value is -1.96. The average molecular weight is 256 g/mol. The minimum Gasteiger partial charge on any atom is -0.497 e. The van der Waals surface area contributed by atoms with Gasteiger partial charge in [0.15, 0.2) is 0 Å². The summed E-state index contributed by atoms with van der Waals surface area (Å²) in [6.07, 6.45) is 0.970. The van der Waals surface area contributed by atoms with Gasteiger partial charge < -0.3 is 9.47 Å². The molecule has 0 saturated heterocycles. The minimum absolute atomic E-state index is 0.470. The third-order valence-corrected chi connectivity index (χ3v) is 3.32. The summed E-state index contributed by atoms with van der Waals surface area (Å²) in [5.74, 6) is 2.15. The van der Waals surface area contributed by atoms with Crippen LogP contribution in [-0.4, -0.2) is 14.2 Å². The predicted molar refractivity (Wildman–Crippen MR) is 78.1 cm³/mol. The summed E-state index contributed by atoms with van der Waals surface area (Å²) in [5.41, 5.74) is 2.58. The van der Waals surface area contributed by atoms with E-state index >= 15 is 0 Å². The van der Waals surface area contributed by atoms with Crippen LogP contribution in [0.2, 0.25) is 0 Å². The van der Waals surface area contributed by atoms with Gasteiger partial charge in [-0.15, -0.1) is 0 Å². The van der Waals surface area contributed by atoms with Crippen LogP contribution in [0.3, 0.4) is 0 Å². The highest BCUT2D eigenvalue weighted by molar-refractivity contribution is 5.39. The zero-order chi connectivity index (χ0) is 13.7. The summed E-state index contributed by atoms with van der Waals surface area (Å²) in [6, 6.07) is 16.6. The summed E-state index contributed by atoms with van der Waals surface area (Å²) in [5, 5.41) is 0. The van der Waals surface area contributed by atoms with Crippen molar-refractivity contribution in [1.82, 2.24) is 0 Å². The maximum atomic E-state index is 5.30. The van der Waals surface area contributed by atoms with Crippen molar-refractivity contribution in [2.24, 2.45) is 0 Å². The van der Waals surface area contributed by atoms with Gasteiger partial charge in [-0.3, -0.25) is 0 Å². The Labute approximate surface area is 115 Å². The molecular weight excluding hydrogens is 236 g/mol. The van der Waals surface area contributed by atoms with E-state index in [1.807, 2.05) is 12.1 Å². The number of ether oxygens (including phenoxy) is 2. The van der Waals surface area contributed by atoms with Crippen LogP contribution in [0.4, 0.5) is 0 Å². The third-order valence-electron chi connectivity index (χ3n) is 3.32. The Bertz CT molecular complexity index is 498. The summed E-state index contributed by atoms with van der Waals surface area (Å²) in [7, 11) is 3.36. The molecule has 0 heterocycles. The predicted octanol–water partition coefficient (Wildman–Crippen LogP) is 4.05. The van der Waals surface area contributed by atoms with Gasteiger partial charge in [-0.1, -0.05) is 37.3 Å². The fourth-order valence-electron chi connectivity index (χ4n) is 2.24. The summed E-state index contributed by atoms with van der Waals surface area (Å²) in [6.45, 7) is 2.24. The fourth-order valence-corrected chi connectivity index (χ4v) is 2.24. The van der Waals surface area contributed by atoms with Crippen molar-refractivity contribution in [1.29, 1.82) is 0 Å². The Balaban J connectivity index is 2.18. The van der Waals surface area contributed by atoms with E-state index in [2.05, 4.69) is 43.3 Å². The molecule has 0 radical (unpaired) electrons. The lowest BCUT2D eigenvalue weighted by Crippen LogP contribution is -1.99. The van der Waals surface area contributed by atoms with E-state index in [0.29, 0.717) is 5.92 Å². The Morgan fingerprint density at radius 3 is 2.00 bits per heavy atom. The fraction of sp³-hybridized carbons (Fsp3) is 0.294. The molecule has 19 heavy (non-hydrogen) atoms. The first-order valence-electron chi connectivity index (χ1n) is 6.50. The summed E-state index contributed by atoms with van der Waals surface area (Å²) in [4.78, 5) is 0. The van der Waals surface area contributed by atoms with Gasteiger partial charge in [-0.05, 0) is 35.6 Å². The van der Waals surface area contributed by atoms with Crippen LogP contribution < -0.4 is 9.47 Å². The largest absolute Gasteiger partial charge is 0.497 e. The van der Waals surface area contributed by atoms with Crippen molar-refractivity contribution >= 4 is 0 Å². The Morgan fingerprint density at radius 2 is 1.47 bits per heavy atom. The number of benzene rings is 2. The maximum Gasteiger partial charge on any atom is 0.122 e. The third kappa shape index (κ3) is 3.50. The first kappa shape index (κ1) is 13.5. The molecule has 0 spiro atoms. The van der Waals surface area contributed by atoms with E-state index in [0.717, 1.165) is 17.9 Å². The van der Waals surface area contributed by atoms with Gasteiger partial charge in [0.1, 0.15) is 11.5 Å². The van der Waals surface area contributed by atoms with E-state index in [9.17, 15) is 0 Å². The van der Waals surface area contributed by atoms with Gasteiger partial charge in [0.25, 0.3) is 0 Å². The molecule has 100 valence electrons. The lowest BCUT2D eigenvalue weighted by Gasteiger charge is -2.14. The van der Waals surface area contributed by atoms with Gasteiger partial charge in [0.05, 0.1) is 14.2 Å². The van der Waals surface area contributed by atoms with E-state index in [-0.39, 0.29) is 0 Å². The van der Waals surface area contributed by atoms with Crippen LogP contribution in [0.5, 0.6) is 11.5 Å². The molecule has 0 aliphatic carbocycles. The van der Waals surface area contributed by atoms with Gasteiger partial charge in [-0.25, -0.2) is 0 Å². The molecule has 2 nitrogen and oxygen atoms in total. The van der Waals surface area contributed by atoms with Crippen LogP contribution in [0.25, 0.3) is 0 Å². The van der Waals surface area contributed by atoms with E-state index in [1.165, 1.54) is 11.1 Å². The minimum atomic E-state index is 0.470. The molecule has 2 rings (SSSR count). The van der Waals surface area contributed by atoms with Crippen molar-refractivity contribution < 1.29 is 9.47 Å². The van der Waals surface area contributed by atoms with Crippen molar-refractivity contribution in [2.45, 2.75) is 19.3 Å². The highest BCUT2D eigenvalue weighted by atomic mass is 16.5. The quantitative estimate of drug-likeness (QED) is 0.803. The summed E-state index contributed by atoms with van der Waals surface area (Å²) >= 11 is 0. The smallest absolute Gasteiger partial charge is 0.122 e. The summed E-state index contributed by atoms with van der Waals surface area (Å²) < 4.78 is 10.6. The average Bonchev–Trinajstić information content (AvgIpc) is 2.47. The SMILES string of the molecule is COc1cc(C[C@H](C)c2ccccc2)cc(OC)c1. The van der Waals surface area contributed by atoms with Gasteiger partial charge in [0, 0.05) is 6.07 Å². The molecule has 2 aromatic carbocycles. The number of rotatable bonds is 5. The highest BCUT2D eigenvalue weighted by Gasteiger charge is 2.08.